The number of aromatic carboxylic acids is 1. The summed E-state index contributed by atoms with van der Waals surface area (Å²) in [5.74, 6) is 0.305. The predicted octanol–water partition coefficient (Wildman–Crippen LogP) is 9.44. The van der Waals surface area contributed by atoms with Gasteiger partial charge in [-0.3, -0.25) is 9.71 Å². The number of sulfonamides is 1. The molecule has 11 heteroatoms. The number of halogens is 2. The molecule has 1 aliphatic rings. The van der Waals surface area contributed by atoms with Crippen LogP contribution in [0.1, 0.15) is 34.5 Å². The molecular formula is C38H31Cl2N3O5S. The molecule has 1 aliphatic heterocycles. The van der Waals surface area contributed by atoms with Crippen molar-refractivity contribution in [2.75, 3.05) is 17.8 Å². The fourth-order valence-electron chi connectivity index (χ4n) is 5.40. The van der Waals surface area contributed by atoms with Crippen LogP contribution in [-0.2, 0) is 10.0 Å². The van der Waals surface area contributed by atoms with Crippen LogP contribution in [0.4, 0.5) is 5.69 Å². The highest BCUT2D eigenvalue weighted by Crippen LogP contribution is 2.35. The maximum atomic E-state index is 13.0. The van der Waals surface area contributed by atoms with Crippen LogP contribution in [0.2, 0.25) is 10.0 Å². The van der Waals surface area contributed by atoms with Gasteiger partial charge in [-0.15, -0.1) is 0 Å². The zero-order chi connectivity index (χ0) is 34.5. The van der Waals surface area contributed by atoms with E-state index in [2.05, 4.69) is 16.5 Å². The van der Waals surface area contributed by atoms with Crippen molar-refractivity contribution < 1.29 is 23.1 Å². The number of anilines is 1. The number of amidine groups is 1. The van der Waals surface area contributed by atoms with Crippen molar-refractivity contribution in [1.29, 1.82) is 0 Å². The lowest BCUT2D eigenvalue weighted by molar-refractivity contribution is 0.0697. The zero-order valence-corrected chi connectivity index (χ0v) is 28.6. The monoisotopic (exact) mass is 711 g/mol. The van der Waals surface area contributed by atoms with E-state index in [1.54, 1.807) is 36.4 Å². The molecule has 2 N–H and O–H groups in total. The predicted molar refractivity (Wildman–Crippen MR) is 196 cm³/mol. The molecule has 0 aliphatic carbocycles. The van der Waals surface area contributed by atoms with E-state index in [0.29, 0.717) is 15.8 Å². The third kappa shape index (κ3) is 7.97. The minimum absolute atomic E-state index is 0.00592. The van der Waals surface area contributed by atoms with E-state index in [9.17, 15) is 18.3 Å². The Morgan fingerprint density at radius 2 is 1.61 bits per heavy atom. The first-order chi connectivity index (χ1) is 23.6. The number of aliphatic imine (C=N–C) groups is 1. The molecular weight excluding hydrogens is 681 g/mol. The van der Waals surface area contributed by atoms with Gasteiger partial charge in [0.05, 0.1) is 22.2 Å². The van der Waals surface area contributed by atoms with Crippen LogP contribution in [0, 0.1) is 0 Å². The molecule has 0 saturated carbocycles. The third-order valence-electron chi connectivity index (χ3n) is 7.98. The van der Waals surface area contributed by atoms with E-state index in [1.807, 2.05) is 60.7 Å². The highest BCUT2D eigenvalue weighted by molar-refractivity contribution is 7.92. The van der Waals surface area contributed by atoms with Crippen molar-refractivity contribution in [2.24, 2.45) is 4.99 Å². The molecule has 49 heavy (non-hydrogen) atoms. The number of likely N-dealkylation sites (N-methyl/N-ethyl adjacent to an activating group) is 1. The molecule has 0 spiro atoms. The van der Waals surface area contributed by atoms with Gasteiger partial charge in [0.15, 0.2) is 5.75 Å². The maximum Gasteiger partial charge on any atom is 0.335 e. The quantitative estimate of drug-likeness (QED) is 0.141. The van der Waals surface area contributed by atoms with Crippen LogP contribution >= 0.6 is 23.2 Å². The van der Waals surface area contributed by atoms with Gasteiger partial charge in [0.1, 0.15) is 11.6 Å². The molecule has 5 aromatic rings. The van der Waals surface area contributed by atoms with Crippen LogP contribution < -0.4 is 9.46 Å². The molecule has 1 heterocycles. The third-order valence-corrected chi connectivity index (χ3v) is 9.93. The van der Waals surface area contributed by atoms with Gasteiger partial charge in [-0.05, 0) is 89.9 Å². The first kappa shape index (κ1) is 33.8. The lowest BCUT2D eigenvalue weighted by Crippen LogP contribution is -2.26. The highest BCUT2D eigenvalue weighted by Gasteiger charge is 2.25. The maximum absolute atomic E-state index is 13.0. The molecule has 0 aromatic heterocycles. The molecule has 0 amide bonds. The van der Waals surface area contributed by atoms with Crippen LogP contribution in [0.15, 0.2) is 131 Å². The Balaban J connectivity index is 1.15. The summed E-state index contributed by atoms with van der Waals surface area (Å²) < 4.78 is 34.5. The smallest absolute Gasteiger partial charge is 0.335 e. The van der Waals surface area contributed by atoms with Gasteiger partial charge in [0.25, 0.3) is 10.0 Å². The van der Waals surface area contributed by atoms with Crippen molar-refractivity contribution in [2.45, 2.75) is 17.9 Å². The Kier molecular flexibility index (Phi) is 10.1. The van der Waals surface area contributed by atoms with E-state index < -0.39 is 16.0 Å². The second-order valence-corrected chi connectivity index (χ2v) is 13.8. The molecule has 0 radical (unpaired) electrons. The SMILES string of the molecule is CCN1CC(c2ccc(Cl)cc2Cl)N=C1/C=C/c1ccc(-c2ccc(Oc3ccc(C(=O)O)cc3NS(=O)(=O)c3ccccc3)cc2)cc1. The fraction of sp³-hybridized carbons (Fsp3) is 0.105. The lowest BCUT2D eigenvalue weighted by Gasteiger charge is -2.17. The topological polar surface area (TPSA) is 108 Å². The Morgan fingerprint density at radius 1 is 0.918 bits per heavy atom. The summed E-state index contributed by atoms with van der Waals surface area (Å²) in [5, 5.41) is 10.7. The second-order valence-electron chi connectivity index (χ2n) is 11.2. The van der Waals surface area contributed by atoms with Gasteiger partial charge in [0.2, 0.25) is 0 Å². The summed E-state index contributed by atoms with van der Waals surface area (Å²) in [6.45, 7) is 3.66. The number of rotatable bonds is 11. The van der Waals surface area contributed by atoms with Crippen molar-refractivity contribution in [1.82, 2.24) is 4.90 Å². The second kappa shape index (κ2) is 14.6. The molecule has 5 aromatic carbocycles. The minimum Gasteiger partial charge on any atom is -0.478 e. The minimum atomic E-state index is -3.99. The number of nitrogens with zero attached hydrogens (tertiary/aromatic N) is 2. The number of carboxylic acids is 1. The summed E-state index contributed by atoms with van der Waals surface area (Å²) in [7, 11) is -3.99. The summed E-state index contributed by atoms with van der Waals surface area (Å²) in [4.78, 5) is 18.8. The van der Waals surface area contributed by atoms with E-state index in [0.717, 1.165) is 41.2 Å². The average Bonchev–Trinajstić information content (AvgIpc) is 3.52. The molecule has 1 unspecified atom stereocenters. The Bertz CT molecular complexity index is 2150. The number of carboxylic acid groups (broad SMARTS) is 1. The number of hydrogen-bond acceptors (Lipinski definition) is 6. The van der Waals surface area contributed by atoms with Crippen LogP contribution in [0.3, 0.4) is 0 Å². The van der Waals surface area contributed by atoms with Crippen molar-refractivity contribution in [3.05, 3.63) is 148 Å². The highest BCUT2D eigenvalue weighted by atomic mass is 35.5. The molecule has 0 fully saturated rings. The Hall–Kier alpha value is -5.09. The Labute approximate surface area is 295 Å². The largest absolute Gasteiger partial charge is 0.478 e. The van der Waals surface area contributed by atoms with Crippen molar-refractivity contribution in [3.8, 4) is 22.6 Å². The van der Waals surface area contributed by atoms with Gasteiger partial charge < -0.3 is 14.7 Å². The van der Waals surface area contributed by atoms with Gasteiger partial charge in [-0.1, -0.05) is 89.9 Å². The van der Waals surface area contributed by atoms with Crippen LogP contribution in [-0.4, -0.2) is 43.3 Å². The molecule has 0 bridgehead atoms. The molecule has 0 saturated heterocycles. The summed E-state index contributed by atoms with van der Waals surface area (Å²) >= 11 is 12.5. The summed E-state index contributed by atoms with van der Waals surface area (Å²) in [6.07, 6.45) is 4.05. The van der Waals surface area contributed by atoms with Crippen molar-refractivity contribution >= 4 is 56.8 Å². The van der Waals surface area contributed by atoms with Crippen LogP contribution in [0.5, 0.6) is 11.5 Å². The Morgan fingerprint density at radius 3 is 2.27 bits per heavy atom. The van der Waals surface area contributed by atoms with Gasteiger partial charge in [0, 0.05) is 23.1 Å². The van der Waals surface area contributed by atoms with Gasteiger partial charge in [-0.25, -0.2) is 13.2 Å². The average molecular weight is 713 g/mol. The number of carbonyl (C=O) groups is 1. The standard InChI is InChI=1S/C38H31Cl2N3O5S/c1-2-43-24-35(32-19-16-29(39)23-33(32)40)41-37(43)21-10-25-8-11-26(12-9-25)27-13-17-30(18-14-27)48-36-20-15-28(38(44)45)22-34(36)42-49(46,47)31-6-4-3-5-7-31/h3-23,35,42H,2,24H2,1H3,(H,44,45)/b21-10+. The number of benzene rings is 5. The number of nitrogens with one attached hydrogen (secondary N) is 1. The normalized spacial score (nSPS) is 14.6. The van der Waals surface area contributed by atoms with Gasteiger partial charge in [-0.2, -0.15) is 0 Å². The van der Waals surface area contributed by atoms with Gasteiger partial charge >= 0.3 is 5.97 Å². The van der Waals surface area contributed by atoms with E-state index in [1.165, 1.54) is 30.3 Å². The zero-order valence-electron chi connectivity index (χ0n) is 26.3. The summed E-state index contributed by atoms with van der Waals surface area (Å²) in [5.41, 5.74) is 3.85. The molecule has 8 nitrogen and oxygen atoms in total. The van der Waals surface area contributed by atoms with Crippen LogP contribution in [0.25, 0.3) is 17.2 Å². The first-order valence-electron chi connectivity index (χ1n) is 15.4. The first-order valence-corrected chi connectivity index (χ1v) is 17.6. The number of ether oxygens (including phenoxy) is 1. The van der Waals surface area contributed by atoms with Crippen molar-refractivity contribution in [3.63, 3.8) is 0 Å². The molecule has 6 rings (SSSR count). The molecule has 248 valence electrons. The van der Waals surface area contributed by atoms with E-state index >= 15 is 0 Å². The fourth-order valence-corrected chi connectivity index (χ4v) is 7.02. The van der Waals surface area contributed by atoms with E-state index in [4.69, 9.17) is 32.9 Å². The van der Waals surface area contributed by atoms with E-state index in [-0.39, 0.29) is 27.9 Å². The summed E-state index contributed by atoms with van der Waals surface area (Å²) in [6, 6.07) is 32.7. The number of hydrogen-bond donors (Lipinski definition) is 2. The lowest BCUT2D eigenvalue weighted by atomic mass is 10.0. The molecule has 1 atom stereocenters.